The minimum Gasteiger partial charge on any atom is -0.506 e. The van der Waals surface area contributed by atoms with E-state index in [0.29, 0.717) is 37.0 Å². The molecule has 1 atom stereocenters. The van der Waals surface area contributed by atoms with Gasteiger partial charge in [0.2, 0.25) is 0 Å². The maximum atomic E-state index is 14.0. The average molecular weight is 461 g/mol. The van der Waals surface area contributed by atoms with Crippen LogP contribution in [-0.4, -0.2) is 59.7 Å². The van der Waals surface area contributed by atoms with Crippen LogP contribution in [0.3, 0.4) is 0 Å². The first-order chi connectivity index (χ1) is 13.5. The number of pyridine rings is 1. The van der Waals surface area contributed by atoms with E-state index in [-0.39, 0.29) is 41.8 Å². The first kappa shape index (κ1) is 24.4. The third-order valence-corrected chi connectivity index (χ3v) is 5.74. The van der Waals surface area contributed by atoms with Gasteiger partial charge in [-0.1, -0.05) is 0 Å². The largest absolute Gasteiger partial charge is 0.506 e. The Morgan fingerprint density at radius 1 is 1.30 bits per heavy atom. The SMILES string of the molecule is CC1CCc2cc(F)cc3c(O)c(C(=O)NCCN4CCNCC4)c(=O)n1c23.Cl.Cl. The molecule has 0 radical (unpaired) electrons. The summed E-state index contributed by atoms with van der Waals surface area (Å²) in [5.74, 6) is -1.54. The molecule has 0 saturated carbocycles. The standard InChI is InChI=1S/C20H25FN4O3.2ClH/c1-12-2-3-13-10-14(21)11-15-17(13)25(12)20(28)16(18(15)26)19(27)23-6-9-24-7-4-22-5-8-24;;/h10-12,22,26H,2-9H2,1H3,(H,23,27);2*1H. The highest BCUT2D eigenvalue weighted by atomic mass is 35.5. The van der Waals surface area contributed by atoms with Crippen LogP contribution < -0.4 is 16.2 Å². The van der Waals surface area contributed by atoms with E-state index in [1.54, 1.807) is 0 Å². The fourth-order valence-corrected chi connectivity index (χ4v) is 4.24. The number of carbonyl (C=O) groups is 1. The van der Waals surface area contributed by atoms with E-state index in [0.717, 1.165) is 26.2 Å². The molecule has 1 aromatic heterocycles. The first-order valence-corrected chi connectivity index (χ1v) is 9.78. The van der Waals surface area contributed by atoms with Gasteiger partial charge in [-0.05, 0) is 37.5 Å². The van der Waals surface area contributed by atoms with Gasteiger partial charge < -0.3 is 20.3 Å². The Kier molecular flexibility index (Phi) is 8.10. The summed E-state index contributed by atoms with van der Waals surface area (Å²) in [6.07, 6.45) is 1.31. The van der Waals surface area contributed by atoms with Crippen LogP contribution in [0.1, 0.15) is 35.3 Å². The van der Waals surface area contributed by atoms with Crippen LogP contribution in [-0.2, 0) is 6.42 Å². The summed E-state index contributed by atoms with van der Waals surface area (Å²) in [4.78, 5) is 28.0. The summed E-state index contributed by atoms with van der Waals surface area (Å²) in [7, 11) is 0. The van der Waals surface area contributed by atoms with Crippen molar-refractivity contribution in [2.75, 3.05) is 39.3 Å². The van der Waals surface area contributed by atoms with Crippen molar-refractivity contribution in [2.24, 2.45) is 0 Å². The van der Waals surface area contributed by atoms with E-state index >= 15 is 0 Å². The van der Waals surface area contributed by atoms with Crippen LogP contribution in [0.25, 0.3) is 10.9 Å². The Morgan fingerprint density at radius 2 is 2.00 bits per heavy atom. The van der Waals surface area contributed by atoms with Crippen LogP contribution in [0.15, 0.2) is 16.9 Å². The fraction of sp³-hybridized carbons (Fsp3) is 0.500. The lowest BCUT2D eigenvalue weighted by atomic mass is 9.95. The normalized spacial score (nSPS) is 18.4. The number of benzene rings is 1. The molecule has 1 amide bonds. The summed E-state index contributed by atoms with van der Waals surface area (Å²) in [5.41, 5.74) is 0.383. The lowest BCUT2D eigenvalue weighted by molar-refractivity contribution is 0.0942. The van der Waals surface area contributed by atoms with Crippen molar-refractivity contribution >= 4 is 41.6 Å². The van der Waals surface area contributed by atoms with Crippen molar-refractivity contribution in [3.8, 4) is 5.75 Å². The van der Waals surface area contributed by atoms with Gasteiger partial charge in [-0.3, -0.25) is 14.5 Å². The van der Waals surface area contributed by atoms with Gasteiger partial charge in [-0.2, -0.15) is 0 Å². The molecule has 10 heteroatoms. The smallest absolute Gasteiger partial charge is 0.267 e. The molecule has 1 fully saturated rings. The summed E-state index contributed by atoms with van der Waals surface area (Å²) < 4.78 is 15.6. The number of hydrogen-bond acceptors (Lipinski definition) is 5. The zero-order chi connectivity index (χ0) is 19.8. The van der Waals surface area contributed by atoms with Crippen molar-refractivity contribution in [2.45, 2.75) is 25.8 Å². The van der Waals surface area contributed by atoms with Crippen LogP contribution in [0.4, 0.5) is 4.39 Å². The lowest BCUT2D eigenvalue weighted by Crippen LogP contribution is -2.46. The van der Waals surface area contributed by atoms with Gasteiger partial charge in [0.05, 0.1) is 5.52 Å². The van der Waals surface area contributed by atoms with E-state index in [2.05, 4.69) is 15.5 Å². The minimum atomic E-state index is -0.619. The van der Waals surface area contributed by atoms with Crippen LogP contribution >= 0.6 is 24.8 Å². The zero-order valence-corrected chi connectivity index (χ0v) is 18.4. The molecular formula is C20H27Cl2FN4O3. The number of nitrogens with zero attached hydrogens (tertiary/aromatic N) is 2. The molecule has 0 aliphatic carbocycles. The second-order valence-electron chi connectivity index (χ2n) is 7.60. The molecule has 4 rings (SSSR count). The van der Waals surface area contributed by atoms with Gasteiger partial charge in [0, 0.05) is 50.7 Å². The van der Waals surface area contributed by atoms with E-state index in [1.807, 2.05) is 6.92 Å². The van der Waals surface area contributed by atoms with Crippen molar-refractivity contribution in [3.63, 3.8) is 0 Å². The van der Waals surface area contributed by atoms with Crippen molar-refractivity contribution < 1.29 is 14.3 Å². The molecule has 3 N–H and O–H groups in total. The molecule has 0 spiro atoms. The topological polar surface area (TPSA) is 86.6 Å². The van der Waals surface area contributed by atoms with Crippen molar-refractivity contribution in [1.29, 1.82) is 0 Å². The molecule has 7 nitrogen and oxygen atoms in total. The van der Waals surface area contributed by atoms with Gasteiger partial charge in [-0.15, -0.1) is 24.8 Å². The third-order valence-electron chi connectivity index (χ3n) is 5.74. The number of rotatable bonds is 4. The number of aromatic nitrogens is 1. The molecule has 30 heavy (non-hydrogen) atoms. The maximum Gasteiger partial charge on any atom is 0.267 e. The van der Waals surface area contributed by atoms with Gasteiger partial charge in [0.1, 0.15) is 17.1 Å². The number of carbonyl (C=O) groups excluding carboxylic acids is 1. The number of nitrogens with one attached hydrogen (secondary N) is 2. The molecule has 2 aliphatic heterocycles. The highest BCUT2D eigenvalue weighted by molar-refractivity contribution is 6.03. The van der Waals surface area contributed by atoms with Gasteiger partial charge in [0.25, 0.3) is 11.5 Å². The number of hydrogen-bond donors (Lipinski definition) is 3. The molecule has 166 valence electrons. The highest BCUT2D eigenvalue weighted by Gasteiger charge is 2.28. The second-order valence-corrected chi connectivity index (χ2v) is 7.60. The quantitative estimate of drug-likeness (QED) is 0.647. The van der Waals surface area contributed by atoms with Crippen molar-refractivity contribution in [1.82, 2.24) is 20.1 Å². The summed E-state index contributed by atoms with van der Waals surface area (Å²) in [6.45, 7) is 6.58. The fourth-order valence-electron chi connectivity index (χ4n) is 4.24. The predicted octanol–water partition coefficient (Wildman–Crippen LogP) is 1.83. The molecule has 1 saturated heterocycles. The molecule has 2 aromatic rings. The summed E-state index contributed by atoms with van der Waals surface area (Å²) >= 11 is 0. The molecule has 0 bridgehead atoms. The van der Waals surface area contributed by atoms with Crippen molar-refractivity contribution in [3.05, 3.63) is 39.4 Å². The first-order valence-electron chi connectivity index (χ1n) is 9.78. The van der Waals surface area contributed by atoms with E-state index in [9.17, 15) is 19.1 Å². The Bertz CT molecular complexity index is 992. The summed E-state index contributed by atoms with van der Waals surface area (Å²) in [5, 5.41) is 16.9. The minimum absolute atomic E-state index is 0. The molecular weight excluding hydrogens is 434 g/mol. The van der Waals surface area contributed by atoms with E-state index < -0.39 is 23.0 Å². The Balaban J connectivity index is 0.00000160. The molecule has 1 unspecified atom stereocenters. The van der Waals surface area contributed by atoms with Gasteiger partial charge in [-0.25, -0.2) is 4.39 Å². The number of aromatic hydroxyl groups is 1. The Morgan fingerprint density at radius 3 is 2.70 bits per heavy atom. The molecule has 1 aromatic carbocycles. The Hall–Kier alpha value is -1.87. The lowest BCUT2D eigenvalue weighted by Gasteiger charge is -2.27. The van der Waals surface area contributed by atoms with E-state index in [4.69, 9.17) is 0 Å². The number of amides is 1. The predicted molar refractivity (Wildman–Crippen MR) is 119 cm³/mol. The van der Waals surface area contributed by atoms with E-state index in [1.165, 1.54) is 16.7 Å². The highest BCUT2D eigenvalue weighted by Crippen LogP contribution is 2.35. The number of piperazine rings is 1. The van der Waals surface area contributed by atoms with Crippen LogP contribution in [0, 0.1) is 5.82 Å². The third kappa shape index (κ3) is 4.42. The average Bonchev–Trinajstić information content (AvgIpc) is 2.67. The number of halogens is 3. The second kappa shape index (κ2) is 9.96. The maximum absolute atomic E-state index is 14.0. The van der Waals surface area contributed by atoms with Crippen LogP contribution in [0.2, 0.25) is 0 Å². The molecule has 2 aliphatic rings. The molecule has 3 heterocycles. The summed E-state index contributed by atoms with van der Waals surface area (Å²) in [6, 6.07) is 2.47. The Labute approximate surface area is 186 Å². The van der Waals surface area contributed by atoms with Crippen LogP contribution in [0.5, 0.6) is 5.75 Å². The monoisotopic (exact) mass is 460 g/mol. The zero-order valence-electron chi connectivity index (χ0n) is 16.7. The van der Waals surface area contributed by atoms with Gasteiger partial charge in [0.15, 0.2) is 0 Å². The number of aryl methyl sites for hydroxylation is 1. The van der Waals surface area contributed by atoms with Gasteiger partial charge >= 0.3 is 0 Å².